The van der Waals surface area contributed by atoms with E-state index in [0.717, 1.165) is 44.4 Å². The number of aliphatic hydroxyl groups excluding tert-OH is 1. The standard InChI is InChI=1S/C13H22N4O2/c1-10(13-14-12(15-19-13)11-2-3-11)17-6-4-16(5-7-17)8-9-18/h10-11,18H,2-9H2,1H3. The molecule has 3 rings (SSSR count). The molecular weight excluding hydrogens is 244 g/mol. The molecule has 0 radical (unpaired) electrons. The Kier molecular flexibility index (Phi) is 3.81. The summed E-state index contributed by atoms with van der Waals surface area (Å²) in [5.41, 5.74) is 0. The maximum absolute atomic E-state index is 8.94. The minimum atomic E-state index is 0.191. The lowest BCUT2D eigenvalue weighted by molar-refractivity contribution is 0.0776. The molecule has 1 unspecified atom stereocenters. The largest absolute Gasteiger partial charge is 0.395 e. The van der Waals surface area contributed by atoms with Crippen molar-refractivity contribution in [1.82, 2.24) is 19.9 Å². The van der Waals surface area contributed by atoms with Gasteiger partial charge in [0.25, 0.3) is 0 Å². The Bertz CT molecular complexity index is 411. The van der Waals surface area contributed by atoms with Gasteiger partial charge in [-0.1, -0.05) is 5.16 Å². The van der Waals surface area contributed by atoms with E-state index in [4.69, 9.17) is 9.63 Å². The molecule has 1 atom stereocenters. The molecule has 6 heteroatoms. The molecule has 1 saturated heterocycles. The van der Waals surface area contributed by atoms with Crippen LogP contribution in [0.1, 0.15) is 43.4 Å². The van der Waals surface area contributed by atoms with Crippen molar-refractivity contribution in [3.8, 4) is 0 Å². The minimum Gasteiger partial charge on any atom is -0.395 e. The zero-order chi connectivity index (χ0) is 13.2. The first kappa shape index (κ1) is 13.0. The van der Waals surface area contributed by atoms with Crippen molar-refractivity contribution in [2.75, 3.05) is 39.3 Å². The van der Waals surface area contributed by atoms with Crippen LogP contribution < -0.4 is 0 Å². The van der Waals surface area contributed by atoms with Crippen molar-refractivity contribution in [2.24, 2.45) is 0 Å². The van der Waals surface area contributed by atoms with Gasteiger partial charge in [-0.2, -0.15) is 4.98 Å². The predicted molar refractivity (Wildman–Crippen MR) is 69.8 cm³/mol. The van der Waals surface area contributed by atoms with E-state index >= 15 is 0 Å². The summed E-state index contributed by atoms with van der Waals surface area (Å²) in [5, 5.41) is 13.0. The van der Waals surface area contributed by atoms with Crippen LogP contribution in [0.5, 0.6) is 0 Å². The Morgan fingerprint density at radius 1 is 1.32 bits per heavy atom. The summed E-state index contributed by atoms with van der Waals surface area (Å²) in [4.78, 5) is 9.19. The third kappa shape index (κ3) is 2.96. The molecule has 1 N–H and O–H groups in total. The van der Waals surface area contributed by atoms with Gasteiger partial charge in [-0.15, -0.1) is 0 Å². The summed E-state index contributed by atoms with van der Waals surface area (Å²) < 4.78 is 5.40. The van der Waals surface area contributed by atoms with E-state index in [9.17, 15) is 0 Å². The molecule has 1 aromatic heterocycles. The van der Waals surface area contributed by atoms with Crippen molar-refractivity contribution in [3.63, 3.8) is 0 Å². The normalized spacial score (nSPS) is 23.7. The summed E-state index contributed by atoms with van der Waals surface area (Å²) in [5.74, 6) is 2.18. The van der Waals surface area contributed by atoms with E-state index in [-0.39, 0.29) is 12.6 Å². The van der Waals surface area contributed by atoms with Gasteiger partial charge in [0.2, 0.25) is 5.89 Å². The average Bonchev–Trinajstić information content (AvgIpc) is 3.17. The molecule has 106 valence electrons. The molecule has 1 aromatic rings. The maximum atomic E-state index is 8.94. The number of rotatable bonds is 5. The minimum absolute atomic E-state index is 0.191. The van der Waals surface area contributed by atoms with Crippen LogP contribution in [-0.2, 0) is 0 Å². The number of piperazine rings is 1. The molecule has 1 aliphatic heterocycles. The smallest absolute Gasteiger partial charge is 0.243 e. The van der Waals surface area contributed by atoms with Crippen molar-refractivity contribution in [1.29, 1.82) is 0 Å². The molecule has 19 heavy (non-hydrogen) atoms. The van der Waals surface area contributed by atoms with Gasteiger partial charge >= 0.3 is 0 Å². The second-order valence-corrected chi connectivity index (χ2v) is 5.54. The Balaban J connectivity index is 1.56. The first-order valence-corrected chi connectivity index (χ1v) is 7.18. The second-order valence-electron chi connectivity index (χ2n) is 5.54. The average molecular weight is 266 g/mol. The molecule has 0 spiro atoms. The Hall–Kier alpha value is -0.980. The number of β-amino-alcohol motifs (C(OH)–C–C–N with tert-alkyl or cyclic N) is 1. The first-order chi connectivity index (χ1) is 9.28. The van der Waals surface area contributed by atoms with E-state index in [1.165, 1.54) is 12.8 Å². The third-order valence-electron chi connectivity index (χ3n) is 4.13. The van der Waals surface area contributed by atoms with Crippen LogP contribution in [0, 0.1) is 0 Å². The number of nitrogens with zero attached hydrogens (tertiary/aromatic N) is 4. The van der Waals surface area contributed by atoms with Gasteiger partial charge in [0.05, 0.1) is 12.6 Å². The van der Waals surface area contributed by atoms with E-state index in [2.05, 4.69) is 26.9 Å². The van der Waals surface area contributed by atoms with Crippen LogP contribution in [0.25, 0.3) is 0 Å². The van der Waals surface area contributed by atoms with Gasteiger partial charge in [0, 0.05) is 38.6 Å². The fourth-order valence-corrected chi connectivity index (χ4v) is 2.60. The predicted octanol–water partition coefficient (Wildman–Crippen LogP) is 0.618. The molecule has 0 aromatic carbocycles. The van der Waals surface area contributed by atoms with Crippen LogP contribution in [0.3, 0.4) is 0 Å². The Morgan fingerprint density at radius 2 is 2.05 bits per heavy atom. The SMILES string of the molecule is CC(c1nc(C2CC2)no1)N1CCN(CCO)CC1. The van der Waals surface area contributed by atoms with Crippen LogP contribution in [0.4, 0.5) is 0 Å². The van der Waals surface area contributed by atoms with Crippen LogP contribution in [0.2, 0.25) is 0 Å². The molecule has 0 bridgehead atoms. The lowest BCUT2D eigenvalue weighted by atomic mass is 10.2. The topological polar surface area (TPSA) is 65.6 Å². The summed E-state index contributed by atoms with van der Waals surface area (Å²) in [6.45, 7) is 7.11. The zero-order valence-corrected chi connectivity index (χ0v) is 11.5. The maximum Gasteiger partial charge on any atom is 0.243 e. The summed E-state index contributed by atoms with van der Waals surface area (Å²) in [6.07, 6.45) is 2.40. The lowest BCUT2D eigenvalue weighted by Crippen LogP contribution is -2.47. The molecule has 2 fully saturated rings. The van der Waals surface area contributed by atoms with Gasteiger partial charge in [-0.25, -0.2) is 0 Å². The van der Waals surface area contributed by atoms with E-state index in [0.29, 0.717) is 5.92 Å². The Morgan fingerprint density at radius 3 is 2.68 bits per heavy atom. The highest BCUT2D eigenvalue weighted by Crippen LogP contribution is 2.38. The number of hydrogen-bond donors (Lipinski definition) is 1. The molecule has 6 nitrogen and oxygen atoms in total. The molecule has 1 saturated carbocycles. The second kappa shape index (κ2) is 5.56. The highest BCUT2D eigenvalue weighted by atomic mass is 16.5. The lowest BCUT2D eigenvalue weighted by Gasteiger charge is -2.36. The highest BCUT2D eigenvalue weighted by molar-refractivity contribution is 5.04. The quantitative estimate of drug-likeness (QED) is 0.842. The van der Waals surface area contributed by atoms with Crippen molar-refractivity contribution in [2.45, 2.75) is 31.7 Å². The zero-order valence-electron chi connectivity index (χ0n) is 11.5. The van der Waals surface area contributed by atoms with Gasteiger partial charge in [-0.05, 0) is 19.8 Å². The summed E-state index contributed by atoms with van der Waals surface area (Å²) in [6, 6.07) is 0.191. The summed E-state index contributed by atoms with van der Waals surface area (Å²) >= 11 is 0. The van der Waals surface area contributed by atoms with Crippen LogP contribution in [-0.4, -0.2) is 64.4 Å². The summed E-state index contributed by atoms with van der Waals surface area (Å²) in [7, 11) is 0. The van der Waals surface area contributed by atoms with Crippen molar-refractivity contribution < 1.29 is 9.63 Å². The van der Waals surface area contributed by atoms with Gasteiger partial charge in [-0.3, -0.25) is 9.80 Å². The number of hydrogen-bond acceptors (Lipinski definition) is 6. The molecule has 2 heterocycles. The number of aliphatic hydroxyl groups is 1. The van der Waals surface area contributed by atoms with Gasteiger partial charge in [0.1, 0.15) is 0 Å². The molecule has 1 aliphatic carbocycles. The van der Waals surface area contributed by atoms with Crippen LogP contribution in [0.15, 0.2) is 4.52 Å². The number of aromatic nitrogens is 2. The first-order valence-electron chi connectivity index (χ1n) is 7.18. The molecular formula is C13H22N4O2. The fourth-order valence-electron chi connectivity index (χ4n) is 2.60. The van der Waals surface area contributed by atoms with Crippen molar-refractivity contribution in [3.05, 3.63) is 11.7 Å². The van der Waals surface area contributed by atoms with Gasteiger partial charge < -0.3 is 9.63 Å². The van der Waals surface area contributed by atoms with E-state index in [1.807, 2.05) is 0 Å². The van der Waals surface area contributed by atoms with Crippen LogP contribution >= 0.6 is 0 Å². The highest BCUT2D eigenvalue weighted by Gasteiger charge is 2.31. The third-order valence-corrected chi connectivity index (χ3v) is 4.13. The Labute approximate surface area is 113 Å². The van der Waals surface area contributed by atoms with E-state index in [1.54, 1.807) is 0 Å². The van der Waals surface area contributed by atoms with E-state index < -0.39 is 0 Å². The molecule has 0 amide bonds. The fraction of sp³-hybridized carbons (Fsp3) is 0.846. The monoisotopic (exact) mass is 266 g/mol. The van der Waals surface area contributed by atoms with Gasteiger partial charge in [0.15, 0.2) is 5.82 Å². The molecule has 2 aliphatic rings. The van der Waals surface area contributed by atoms with Crippen molar-refractivity contribution >= 4 is 0 Å².